The van der Waals surface area contributed by atoms with Crippen LogP contribution in [0.4, 0.5) is 0 Å². The summed E-state index contributed by atoms with van der Waals surface area (Å²) in [4.78, 5) is 0. The van der Waals surface area contributed by atoms with Gasteiger partial charge in [-0.1, -0.05) is 13.8 Å². The van der Waals surface area contributed by atoms with Gasteiger partial charge >= 0.3 is 0 Å². The van der Waals surface area contributed by atoms with Gasteiger partial charge in [0.2, 0.25) is 0 Å². The Balaban J connectivity index is 2.54. The molecule has 0 amide bonds. The van der Waals surface area contributed by atoms with E-state index < -0.39 is 0 Å². The van der Waals surface area contributed by atoms with E-state index >= 15 is 0 Å². The summed E-state index contributed by atoms with van der Waals surface area (Å²) in [6.07, 6.45) is 2.33. The summed E-state index contributed by atoms with van der Waals surface area (Å²) in [6, 6.07) is 4.30. The molecule has 0 radical (unpaired) electrons. The maximum atomic E-state index is 5.52. The molecule has 1 N–H and O–H groups in total. The molecule has 0 aliphatic carbocycles. The Hall–Kier alpha value is -0.280. The van der Waals surface area contributed by atoms with Gasteiger partial charge in [0.05, 0.1) is 6.04 Å². The highest BCUT2D eigenvalue weighted by Gasteiger charge is 2.13. The normalized spacial score (nSPS) is 13.5. The van der Waals surface area contributed by atoms with Gasteiger partial charge in [0.25, 0.3) is 0 Å². The molecule has 1 heterocycles. The van der Waals surface area contributed by atoms with Crippen molar-refractivity contribution in [1.29, 1.82) is 0 Å². The monoisotopic (exact) mass is 259 g/mol. The first-order valence-corrected chi connectivity index (χ1v) is 5.85. The highest BCUT2D eigenvalue weighted by Crippen LogP contribution is 2.24. The summed E-state index contributed by atoms with van der Waals surface area (Å²) < 4.78 is 6.33. The lowest BCUT2D eigenvalue weighted by atomic mass is 10.0. The minimum Gasteiger partial charge on any atom is -0.453 e. The second-order valence-corrected chi connectivity index (χ2v) is 4.74. The Morgan fingerprint density at radius 1 is 1.36 bits per heavy atom. The molecule has 0 spiro atoms. The van der Waals surface area contributed by atoms with Gasteiger partial charge in [0.15, 0.2) is 4.67 Å². The van der Waals surface area contributed by atoms with Crippen molar-refractivity contribution < 1.29 is 4.42 Å². The second kappa shape index (κ2) is 5.56. The molecule has 0 saturated heterocycles. The first-order chi connectivity index (χ1) is 6.63. The summed E-state index contributed by atoms with van der Waals surface area (Å²) in [5.41, 5.74) is 0. The fourth-order valence-corrected chi connectivity index (χ4v) is 1.76. The Labute approximate surface area is 94.2 Å². The van der Waals surface area contributed by atoms with E-state index in [0.717, 1.165) is 22.8 Å². The predicted octanol–water partition coefficient (Wildman–Crippen LogP) is 3.74. The van der Waals surface area contributed by atoms with E-state index in [1.165, 1.54) is 6.42 Å². The Morgan fingerprint density at radius 3 is 2.50 bits per heavy atom. The fraction of sp³-hybridized carbons (Fsp3) is 0.636. The maximum absolute atomic E-state index is 5.52. The van der Waals surface area contributed by atoms with Crippen LogP contribution in [0.25, 0.3) is 0 Å². The van der Waals surface area contributed by atoms with Crippen molar-refractivity contribution in [2.45, 2.75) is 32.7 Å². The summed E-state index contributed by atoms with van der Waals surface area (Å²) in [5, 5.41) is 3.27. The van der Waals surface area contributed by atoms with Crippen molar-refractivity contribution in [3.8, 4) is 0 Å². The Bertz CT molecular complexity index is 270. The standard InChI is InChI=1S/C11H18BrNO/c1-8(2)4-5-9(13-3)10-6-7-11(12)14-10/h6-9,13H,4-5H2,1-3H3. The van der Waals surface area contributed by atoms with Gasteiger partial charge in [-0.25, -0.2) is 0 Å². The molecule has 0 aliphatic rings. The molecule has 0 aromatic carbocycles. The second-order valence-electron chi connectivity index (χ2n) is 3.95. The van der Waals surface area contributed by atoms with Crippen LogP contribution in [0.2, 0.25) is 0 Å². The Kier molecular flexibility index (Phi) is 4.69. The highest BCUT2D eigenvalue weighted by atomic mass is 79.9. The van der Waals surface area contributed by atoms with E-state index in [1.807, 2.05) is 19.2 Å². The molecule has 1 aromatic heterocycles. The third-order valence-corrected chi connectivity index (χ3v) is 2.74. The Morgan fingerprint density at radius 2 is 2.07 bits per heavy atom. The van der Waals surface area contributed by atoms with Crippen LogP contribution in [0.5, 0.6) is 0 Å². The minimum absolute atomic E-state index is 0.337. The summed E-state index contributed by atoms with van der Waals surface area (Å²) in [5.74, 6) is 1.75. The third-order valence-electron chi connectivity index (χ3n) is 2.32. The molecule has 0 aliphatic heterocycles. The van der Waals surface area contributed by atoms with Gasteiger partial charge in [-0.05, 0) is 53.9 Å². The quantitative estimate of drug-likeness (QED) is 0.872. The number of furan rings is 1. The number of hydrogen-bond acceptors (Lipinski definition) is 2. The van der Waals surface area contributed by atoms with Crippen LogP contribution in [-0.4, -0.2) is 7.05 Å². The van der Waals surface area contributed by atoms with E-state index in [1.54, 1.807) is 0 Å². The number of halogens is 1. The molecule has 1 unspecified atom stereocenters. The van der Waals surface area contributed by atoms with E-state index in [2.05, 4.69) is 35.1 Å². The summed E-state index contributed by atoms with van der Waals surface area (Å²) in [6.45, 7) is 4.48. The number of rotatable bonds is 5. The van der Waals surface area contributed by atoms with Crippen molar-refractivity contribution in [1.82, 2.24) is 5.32 Å². The van der Waals surface area contributed by atoms with Crippen LogP contribution in [0.15, 0.2) is 21.2 Å². The van der Waals surface area contributed by atoms with E-state index in [9.17, 15) is 0 Å². The fourth-order valence-electron chi connectivity index (χ4n) is 1.44. The molecular formula is C11H18BrNO. The van der Waals surface area contributed by atoms with Gasteiger partial charge in [-0.3, -0.25) is 0 Å². The molecule has 0 bridgehead atoms. The molecular weight excluding hydrogens is 242 g/mol. The lowest BCUT2D eigenvalue weighted by Crippen LogP contribution is -2.16. The topological polar surface area (TPSA) is 25.2 Å². The van der Waals surface area contributed by atoms with Crippen LogP contribution >= 0.6 is 15.9 Å². The van der Waals surface area contributed by atoms with Gasteiger partial charge < -0.3 is 9.73 Å². The van der Waals surface area contributed by atoms with Gasteiger partial charge in [0.1, 0.15) is 5.76 Å². The minimum atomic E-state index is 0.337. The molecule has 0 fully saturated rings. The third kappa shape index (κ3) is 3.46. The van der Waals surface area contributed by atoms with Crippen LogP contribution in [-0.2, 0) is 0 Å². The van der Waals surface area contributed by atoms with Gasteiger partial charge in [-0.15, -0.1) is 0 Å². The van der Waals surface area contributed by atoms with E-state index in [-0.39, 0.29) is 0 Å². The highest BCUT2D eigenvalue weighted by molar-refractivity contribution is 9.10. The molecule has 3 heteroatoms. The van der Waals surface area contributed by atoms with Crippen molar-refractivity contribution in [2.24, 2.45) is 5.92 Å². The van der Waals surface area contributed by atoms with E-state index in [4.69, 9.17) is 4.42 Å². The summed E-state index contributed by atoms with van der Waals surface area (Å²) >= 11 is 3.32. The number of hydrogen-bond donors (Lipinski definition) is 1. The van der Waals surface area contributed by atoms with Crippen LogP contribution in [0, 0.1) is 5.92 Å². The van der Waals surface area contributed by atoms with Crippen molar-refractivity contribution in [3.63, 3.8) is 0 Å². The first-order valence-electron chi connectivity index (χ1n) is 5.06. The lowest BCUT2D eigenvalue weighted by Gasteiger charge is -2.14. The molecule has 1 rings (SSSR count). The zero-order valence-electron chi connectivity index (χ0n) is 9.01. The van der Waals surface area contributed by atoms with Gasteiger partial charge in [-0.2, -0.15) is 0 Å². The van der Waals surface area contributed by atoms with Crippen LogP contribution < -0.4 is 5.32 Å². The number of nitrogens with one attached hydrogen (secondary N) is 1. The smallest absolute Gasteiger partial charge is 0.169 e. The average molecular weight is 260 g/mol. The molecule has 1 atom stereocenters. The van der Waals surface area contributed by atoms with Crippen LogP contribution in [0.1, 0.15) is 38.5 Å². The maximum Gasteiger partial charge on any atom is 0.169 e. The van der Waals surface area contributed by atoms with Crippen molar-refractivity contribution >= 4 is 15.9 Å². The molecule has 80 valence electrons. The van der Waals surface area contributed by atoms with Crippen molar-refractivity contribution in [3.05, 3.63) is 22.6 Å². The van der Waals surface area contributed by atoms with Crippen molar-refractivity contribution in [2.75, 3.05) is 7.05 Å². The first kappa shape index (κ1) is 11.8. The van der Waals surface area contributed by atoms with Crippen LogP contribution in [0.3, 0.4) is 0 Å². The molecule has 2 nitrogen and oxygen atoms in total. The molecule has 1 aromatic rings. The largest absolute Gasteiger partial charge is 0.453 e. The lowest BCUT2D eigenvalue weighted by molar-refractivity contribution is 0.380. The zero-order valence-corrected chi connectivity index (χ0v) is 10.6. The molecule has 14 heavy (non-hydrogen) atoms. The molecule has 0 saturated carbocycles. The SMILES string of the molecule is CNC(CCC(C)C)c1ccc(Br)o1. The summed E-state index contributed by atoms with van der Waals surface area (Å²) in [7, 11) is 1.97. The van der Waals surface area contributed by atoms with E-state index in [0.29, 0.717) is 6.04 Å². The average Bonchev–Trinajstić information content (AvgIpc) is 2.53. The van der Waals surface area contributed by atoms with Gasteiger partial charge in [0, 0.05) is 0 Å². The zero-order chi connectivity index (χ0) is 10.6. The predicted molar refractivity (Wildman–Crippen MR) is 62.3 cm³/mol.